The second-order valence-corrected chi connectivity index (χ2v) is 7.05. The molecule has 1 unspecified atom stereocenters. The van der Waals surface area contributed by atoms with E-state index in [4.69, 9.17) is 15.4 Å². The molecule has 1 aliphatic rings. The highest BCUT2D eigenvalue weighted by atomic mass is 35.7. The van der Waals surface area contributed by atoms with E-state index < -0.39 is 14.9 Å². The summed E-state index contributed by atoms with van der Waals surface area (Å²) in [4.78, 5) is 11.5. The number of ether oxygens (including phenoxy) is 1. The van der Waals surface area contributed by atoms with E-state index in [-0.39, 0.29) is 22.4 Å². The van der Waals surface area contributed by atoms with E-state index in [2.05, 4.69) is 5.32 Å². The predicted molar refractivity (Wildman–Crippen MR) is 71.6 cm³/mol. The third kappa shape index (κ3) is 3.68. The van der Waals surface area contributed by atoms with Crippen LogP contribution >= 0.6 is 10.7 Å². The number of nitrogens with one attached hydrogen (secondary N) is 1. The average molecular weight is 322 g/mol. The Bertz CT molecular complexity index is 614. The average Bonchev–Trinajstić information content (AvgIpc) is 2.41. The number of halogens is 2. The van der Waals surface area contributed by atoms with Gasteiger partial charge in [0.25, 0.3) is 9.05 Å². The number of hydrogen-bond acceptors (Lipinski definition) is 4. The summed E-state index contributed by atoms with van der Waals surface area (Å²) in [5, 5.41) is 2.43. The maximum atomic E-state index is 13.7. The standard InChI is InChI=1S/C12H13ClFNO4S/c13-20(17,18)9-3-4-11(10(14)6-9)15-12(16)8-2-1-5-19-7-8/h3-4,6,8H,1-2,5,7H2,(H,15,16). The Labute approximate surface area is 120 Å². The highest BCUT2D eigenvalue weighted by molar-refractivity contribution is 8.13. The highest BCUT2D eigenvalue weighted by Crippen LogP contribution is 2.23. The molecule has 0 aliphatic carbocycles. The quantitative estimate of drug-likeness (QED) is 0.866. The van der Waals surface area contributed by atoms with Crippen LogP contribution in [0, 0.1) is 11.7 Å². The van der Waals surface area contributed by atoms with Crippen LogP contribution in [0.15, 0.2) is 23.1 Å². The van der Waals surface area contributed by atoms with Crippen LogP contribution in [0.1, 0.15) is 12.8 Å². The number of carbonyl (C=O) groups excluding carboxylic acids is 1. The molecule has 1 heterocycles. The summed E-state index contributed by atoms with van der Waals surface area (Å²) >= 11 is 0. The molecular formula is C12H13ClFNO4S. The number of anilines is 1. The van der Waals surface area contributed by atoms with Crippen LogP contribution in [0.25, 0.3) is 0 Å². The highest BCUT2D eigenvalue weighted by Gasteiger charge is 2.23. The molecule has 1 aromatic carbocycles. The Morgan fingerprint density at radius 3 is 2.75 bits per heavy atom. The molecule has 20 heavy (non-hydrogen) atoms. The number of benzene rings is 1. The van der Waals surface area contributed by atoms with Crippen molar-refractivity contribution in [2.24, 2.45) is 5.92 Å². The molecule has 0 aromatic heterocycles. The van der Waals surface area contributed by atoms with Crippen molar-refractivity contribution in [3.63, 3.8) is 0 Å². The zero-order valence-corrected chi connectivity index (χ0v) is 12.0. The van der Waals surface area contributed by atoms with Crippen molar-refractivity contribution < 1.29 is 22.3 Å². The van der Waals surface area contributed by atoms with E-state index in [9.17, 15) is 17.6 Å². The van der Waals surface area contributed by atoms with Crippen LogP contribution in [-0.4, -0.2) is 27.5 Å². The molecule has 1 aromatic rings. The van der Waals surface area contributed by atoms with Crippen molar-refractivity contribution in [1.82, 2.24) is 0 Å². The fourth-order valence-electron chi connectivity index (χ4n) is 1.93. The molecule has 1 N–H and O–H groups in total. The van der Waals surface area contributed by atoms with Gasteiger partial charge in [-0.2, -0.15) is 0 Å². The lowest BCUT2D eigenvalue weighted by molar-refractivity contribution is -0.123. The molecule has 8 heteroatoms. The van der Waals surface area contributed by atoms with Crippen LogP contribution in [0.3, 0.4) is 0 Å². The number of rotatable bonds is 3. The van der Waals surface area contributed by atoms with Crippen molar-refractivity contribution in [2.45, 2.75) is 17.7 Å². The Morgan fingerprint density at radius 2 is 2.20 bits per heavy atom. The molecule has 1 aliphatic heterocycles. The summed E-state index contributed by atoms with van der Waals surface area (Å²) in [7, 11) is 1.12. The van der Waals surface area contributed by atoms with Gasteiger partial charge < -0.3 is 10.1 Å². The maximum absolute atomic E-state index is 13.7. The van der Waals surface area contributed by atoms with Gasteiger partial charge in [-0.05, 0) is 31.0 Å². The minimum Gasteiger partial charge on any atom is -0.381 e. The fourth-order valence-corrected chi connectivity index (χ4v) is 2.69. The monoisotopic (exact) mass is 321 g/mol. The van der Waals surface area contributed by atoms with Gasteiger partial charge in [-0.25, -0.2) is 12.8 Å². The van der Waals surface area contributed by atoms with Gasteiger partial charge in [-0.15, -0.1) is 0 Å². The van der Waals surface area contributed by atoms with Crippen molar-refractivity contribution in [2.75, 3.05) is 18.5 Å². The predicted octanol–water partition coefficient (Wildman–Crippen LogP) is 2.12. The van der Waals surface area contributed by atoms with E-state index >= 15 is 0 Å². The first kappa shape index (κ1) is 15.2. The van der Waals surface area contributed by atoms with Gasteiger partial charge in [0.1, 0.15) is 5.82 Å². The van der Waals surface area contributed by atoms with Gasteiger partial charge in [0.2, 0.25) is 5.91 Å². The van der Waals surface area contributed by atoms with Gasteiger partial charge in [-0.1, -0.05) is 0 Å². The topological polar surface area (TPSA) is 72.5 Å². The number of hydrogen-bond donors (Lipinski definition) is 1. The first-order valence-corrected chi connectivity index (χ1v) is 8.31. The molecule has 1 amide bonds. The molecular weight excluding hydrogens is 309 g/mol. The van der Waals surface area contributed by atoms with E-state index in [0.29, 0.717) is 19.6 Å². The summed E-state index contributed by atoms with van der Waals surface area (Å²) in [5.41, 5.74) is -0.0790. The first-order chi connectivity index (χ1) is 9.38. The largest absolute Gasteiger partial charge is 0.381 e. The normalized spacial score (nSPS) is 19.6. The minimum absolute atomic E-state index is 0.0790. The van der Waals surface area contributed by atoms with E-state index in [0.717, 1.165) is 18.6 Å². The van der Waals surface area contributed by atoms with Gasteiger partial charge in [-0.3, -0.25) is 4.79 Å². The number of amides is 1. The minimum atomic E-state index is -3.99. The third-order valence-corrected chi connectivity index (χ3v) is 4.36. The molecule has 0 radical (unpaired) electrons. The van der Waals surface area contributed by atoms with E-state index in [1.54, 1.807) is 0 Å². The number of carbonyl (C=O) groups is 1. The summed E-state index contributed by atoms with van der Waals surface area (Å²) in [6, 6.07) is 3.08. The van der Waals surface area contributed by atoms with Gasteiger partial charge in [0.15, 0.2) is 0 Å². The molecule has 2 rings (SSSR count). The zero-order chi connectivity index (χ0) is 14.8. The Hall–Kier alpha value is -1.18. The molecule has 0 bridgehead atoms. The molecule has 5 nitrogen and oxygen atoms in total. The van der Waals surface area contributed by atoms with Gasteiger partial charge in [0.05, 0.1) is 23.1 Å². The summed E-state index contributed by atoms with van der Waals surface area (Å²) in [6.07, 6.45) is 1.46. The smallest absolute Gasteiger partial charge is 0.261 e. The molecule has 0 saturated carbocycles. The Morgan fingerprint density at radius 1 is 1.45 bits per heavy atom. The van der Waals surface area contributed by atoms with Crippen LogP contribution in [0.5, 0.6) is 0 Å². The van der Waals surface area contributed by atoms with E-state index in [1.165, 1.54) is 6.07 Å². The second-order valence-electron chi connectivity index (χ2n) is 4.48. The lowest BCUT2D eigenvalue weighted by Crippen LogP contribution is -2.30. The Balaban J connectivity index is 2.11. The molecule has 0 spiro atoms. The summed E-state index contributed by atoms with van der Waals surface area (Å²) in [6.45, 7) is 0.933. The summed E-state index contributed by atoms with van der Waals surface area (Å²) < 4.78 is 41.0. The molecule has 1 atom stereocenters. The van der Waals surface area contributed by atoms with Crippen molar-refractivity contribution in [1.29, 1.82) is 0 Å². The fraction of sp³-hybridized carbons (Fsp3) is 0.417. The Kier molecular flexibility index (Phi) is 4.62. The van der Waals surface area contributed by atoms with Crippen molar-refractivity contribution >= 4 is 31.3 Å². The maximum Gasteiger partial charge on any atom is 0.261 e. The van der Waals surface area contributed by atoms with Gasteiger partial charge >= 0.3 is 0 Å². The van der Waals surface area contributed by atoms with Crippen LogP contribution in [-0.2, 0) is 18.6 Å². The molecule has 1 saturated heterocycles. The lowest BCUT2D eigenvalue weighted by atomic mass is 10.0. The van der Waals surface area contributed by atoms with Gasteiger partial charge in [0, 0.05) is 17.3 Å². The second kappa shape index (κ2) is 6.07. The van der Waals surface area contributed by atoms with Crippen LogP contribution in [0.2, 0.25) is 0 Å². The van der Waals surface area contributed by atoms with Crippen LogP contribution < -0.4 is 5.32 Å². The lowest BCUT2D eigenvalue weighted by Gasteiger charge is -2.21. The molecule has 110 valence electrons. The van der Waals surface area contributed by atoms with Crippen molar-refractivity contribution in [3.05, 3.63) is 24.0 Å². The van der Waals surface area contributed by atoms with Crippen molar-refractivity contribution in [3.8, 4) is 0 Å². The summed E-state index contributed by atoms with van der Waals surface area (Å²) in [5.74, 6) is -1.51. The zero-order valence-electron chi connectivity index (χ0n) is 10.4. The first-order valence-electron chi connectivity index (χ1n) is 6.01. The van der Waals surface area contributed by atoms with Crippen LogP contribution in [0.4, 0.5) is 10.1 Å². The molecule has 1 fully saturated rings. The third-order valence-electron chi connectivity index (χ3n) is 3.01. The SMILES string of the molecule is O=C(Nc1ccc(S(=O)(=O)Cl)cc1F)C1CCCOC1. The van der Waals surface area contributed by atoms with E-state index in [1.807, 2.05) is 0 Å².